The normalized spacial score (nSPS) is 17.4. The zero-order valence-electron chi connectivity index (χ0n) is 14.0. The largest absolute Gasteiger partial charge is 0.493 e. The fraction of sp³-hybridized carbons (Fsp3) is 0.421. The SMILES string of the molecule is CC1CN(C(=O)CCCOc2cccc3ccccc23)CCN1.Cl. The van der Waals surface area contributed by atoms with E-state index in [1.54, 1.807) is 0 Å². The molecule has 1 amide bonds. The highest BCUT2D eigenvalue weighted by Crippen LogP contribution is 2.25. The van der Waals surface area contributed by atoms with E-state index in [2.05, 4.69) is 30.4 Å². The van der Waals surface area contributed by atoms with Crippen LogP contribution in [0.4, 0.5) is 0 Å². The zero-order chi connectivity index (χ0) is 16.1. The summed E-state index contributed by atoms with van der Waals surface area (Å²) in [7, 11) is 0. The maximum Gasteiger partial charge on any atom is 0.222 e. The molecular weight excluding hydrogens is 324 g/mol. The lowest BCUT2D eigenvalue weighted by atomic mass is 10.1. The van der Waals surface area contributed by atoms with E-state index in [1.807, 2.05) is 29.2 Å². The third-order valence-corrected chi connectivity index (χ3v) is 4.26. The summed E-state index contributed by atoms with van der Waals surface area (Å²) in [6.45, 7) is 5.19. The van der Waals surface area contributed by atoms with Gasteiger partial charge < -0.3 is 15.0 Å². The minimum Gasteiger partial charge on any atom is -0.493 e. The summed E-state index contributed by atoms with van der Waals surface area (Å²) in [5.41, 5.74) is 0. The summed E-state index contributed by atoms with van der Waals surface area (Å²) >= 11 is 0. The van der Waals surface area contributed by atoms with Crippen LogP contribution in [0.1, 0.15) is 19.8 Å². The molecule has 0 aliphatic carbocycles. The van der Waals surface area contributed by atoms with Gasteiger partial charge >= 0.3 is 0 Å². The molecule has 130 valence electrons. The Hall–Kier alpha value is -1.78. The molecule has 1 unspecified atom stereocenters. The summed E-state index contributed by atoms with van der Waals surface area (Å²) in [6.07, 6.45) is 1.30. The lowest BCUT2D eigenvalue weighted by Gasteiger charge is -2.32. The van der Waals surface area contributed by atoms with Crippen molar-refractivity contribution in [2.45, 2.75) is 25.8 Å². The molecule has 1 aliphatic rings. The van der Waals surface area contributed by atoms with Crippen LogP contribution in [-0.2, 0) is 4.79 Å². The Morgan fingerprint density at radius 2 is 2.04 bits per heavy atom. The van der Waals surface area contributed by atoms with Crippen molar-refractivity contribution in [2.75, 3.05) is 26.2 Å². The monoisotopic (exact) mass is 348 g/mol. The number of fused-ring (bicyclic) bond motifs is 1. The second-order valence-corrected chi connectivity index (χ2v) is 6.12. The predicted molar refractivity (Wildman–Crippen MR) is 100.0 cm³/mol. The van der Waals surface area contributed by atoms with Gasteiger partial charge in [-0.3, -0.25) is 4.79 Å². The Kier molecular flexibility index (Phi) is 6.88. The van der Waals surface area contributed by atoms with E-state index < -0.39 is 0 Å². The minimum atomic E-state index is 0. The number of ether oxygens (including phenoxy) is 1. The van der Waals surface area contributed by atoms with Crippen LogP contribution in [0.15, 0.2) is 42.5 Å². The van der Waals surface area contributed by atoms with Crippen LogP contribution in [0.5, 0.6) is 5.75 Å². The van der Waals surface area contributed by atoms with Crippen LogP contribution >= 0.6 is 12.4 Å². The molecule has 2 aromatic carbocycles. The smallest absolute Gasteiger partial charge is 0.222 e. The molecule has 3 rings (SSSR count). The van der Waals surface area contributed by atoms with Gasteiger partial charge in [0.05, 0.1) is 6.61 Å². The van der Waals surface area contributed by atoms with Crippen LogP contribution in [0.2, 0.25) is 0 Å². The molecular formula is C19H25ClN2O2. The van der Waals surface area contributed by atoms with Gasteiger partial charge in [-0.1, -0.05) is 36.4 Å². The standard InChI is InChI=1S/C19H24N2O2.ClH/c1-15-14-21(12-11-20-15)19(22)10-5-13-23-18-9-4-7-16-6-2-3-8-17(16)18;/h2-4,6-9,15,20H,5,10-14H2,1H3;1H. The molecule has 1 N–H and O–H groups in total. The summed E-state index contributed by atoms with van der Waals surface area (Å²) in [4.78, 5) is 14.2. The van der Waals surface area contributed by atoms with Gasteiger partial charge in [-0.15, -0.1) is 12.4 Å². The molecule has 0 spiro atoms. The summed E-state index contributed by atoms with van der Waals surface area (Å²) in [5, 5.41) is 5.65. The number of halogens is 1. The predicted octanol–water partition coefficient (Wildman–Crippen LogP) is 3.24. The van der Waals surface area contributed by atoms with Gasteiger partial charge in [0.25, 0.3) is 0 Å². The number of benzene rings is 2. The van der Waals surface area contributed by atoms with Gasteiger partial charge in [0.2, 0.25) is 5.91 Å². The Bertz CT molecular complexity index is 672. The number of piperazine rings is 1. The van der Waals surface area contributed by atoms with Crippen molar-refractivity contribution >= 4 is 29.1 Å². The van der Waals surface area contributed by atoms with E-state index in [9.17, 15) is 4.79 Å². The molecule has 1 fully saturated rings. The Morgan fingerprint density at radius 1 is 1.25 bits per heavy atom. The van der Waals surface area contributed by atoms with Crippen molar-refractivity contribution in [3.8, 4) is 5.75 Å². The van der Waals surface area contributed by atoms with E-state index >= 15 is 0 Å². The maximum absolute atomic E-state index is 12.2. The molecule has 1 aliphatic heterocycles. The first-order chi connectivity index (χ1) is 11.2. The minimum absolute atomic E-state index is 0. The highest BCUT2D eigenvalue weighted by molar-refractivity contribution is 5.88. The average Bonchev–Trinajstić information content (AvgIpc) is 2.58. The van der Waals surface area contributed by atoms with Crippen molar-refractivity contribution in [1.82, 2.24) is 10.2 Å². The molecule has 1 saturated heterocycles. The van der Waals surface area contributed by atoms with Gasteiger partial charge in [-0.2, -0.15) is 0 Å². The Labute approximate surface area is 149 Å². The van der Waals surface area contributed by atoms with Crippen LogP contribution in [0, 0.1) is 0 Å². The number of carbonyl (C=O) groups excluding carboxylic acids is 1. The van der Waals surface area contributed by atoms with Crippen LogP contribution < -0.4 is 10.1 Å². The fourth-order valence-electron chi connectivity index (χ4n) is 3.04. The number of nitrogens with one attached hydrogen (secondary N) is 1. The van der Waals surface area contributed by atoms with Crippen LogP contribution in [0.3, 0.4) is 0 Å². The van der Waals surface area contributed by atoms with Gasteiger partial charge in [0, 0.05) is 37.5 Å². The lowest BCUT2D eigenvalue weighted by molar-refractivity contribution is -0.132. The van der Waals surface area contributed by atoms with E-state index in [1.165, 1.54) is 5.39 Å². The Balaban J connectivity index is 0.00000208. The summed E-state index contributed by atoms with van der Waals surface area (Å²) < 4.78 is 5.90. The molecule has 0 aromatic heterocycles. The van der Waals surface area contributed by atoms with E-state index in [0.717, 1.165) is 37.2 Å². The van der Waals surface area contributed by atoms with E-state index in [0.29, 0.717) is 19.1 Å². The molecule has 5 heteroatoms. The van der Waals surface area contributed by atoms with Crippen molar-refractivity contribution in [3.05, 3.63) is 42.5 Å². The van der Waals surface area contributed by atoms with Crippen LogP contribution in [-0.4, -0.2) is 43.1 Å². The number of carbonyl (C=O) groups is 1. The topological polar surface area (TPSA) is 41.6 Å². The second kappa shape index (κ2) is 8.90. The molecule has 0 saturated carbocycles. The third-order valence-electron chi connectivity index (χ3n) is 4.26. The van der Waals surface area contributed by atoms with Crippen molar-refractivity contribution < 1.29 is 9.53 Å². The molecule has 0 bridgehead atoms. The Morgan fingerprint density at radius 3 is 2.88 bits per heavy atom. The quantitative estimate of drug-likeness (QED) is 0.843. The molecule has 24 heavy (non-hydrogen) atoms. The molecule has 1 heterocycles. The van der Waals surface area contributed by atoms with Gasteiger partial charge in [-0.05, 0) is 24.8 Å². The van der Waals surface area contributed by atoms with Crippen molar-refractivity contribution in [1.29, 1.82) is 0 Å². The highest BCUT2D eigenvalue weighted by Gasteiger charge is 2.19. The molecule has 0 radical (unpaired) electrons. The maximum atomic E-state index is 12.2. The first kappa shape index (κ1) is 18.6. The van der Waals surface area contributed by atoms with Gasteiger partial charge in [-0.25, -0.2) is 0 Å². The average molecular weight is 349 g/mol. The molecule has 2 aromatic rings. The number of hydrogen-bond donors (Lipinski definition) is 1. The second-order valence-electron chi connectivity index (χ2n) is 6.12. The van der Waals surface area contributed by atoms with Crippen LogP contribution in [0.25, 0.3) is 10.8 Å². The molecule has 4 nitrogen and oxygen atoms in total. The van der Waals surface area contributed by atoms with Crippen molar-refractivity contribution in [2.24, 2.45) is 0 Å². The van der Waals surface area contributed by atoms with E-state index in [4.69, 9.17) is 4.74 Å². The first-order valence-corrected chi connectivity index (χ1v) is 8.36. The number of hydrogen-bond acceptors (Lipinski definition) is 3. The van der Waals surface area contributed by atoms with Gasteiger partial charge in [0.15, 0.2) is 0 Å². The number of rotatable bonds is 5. The number of amides is 1. The van der Waals surface area contributed by atoms with Gasteiger partial charge in [0.1, 0.15) is 5.75 Å². The van der Waals surface area contributed by atoms with E-state index in [-0.39, 0.29) is 18.3 Å². The zero-order valence-corrected chi connectivity index (χ0v) is 14.8. The highest BCUT2D eigenvalue weighted by atomic mass is 35.5. The summed E-state index contributed by atoms with van der Waals surface area (Å²) in [5.74, 6) is 1.13. The third kappa shape index (κ3) is 4.62. The fourth-order valence-corrected chi connectivity index (χ4v) is 3.04. The first-order valence-electron chi connectivity index (χ1n) is 8.36. The lowest BCUT2D eigenvalue weighted by Crippen LogP contribution is -2.51. The number of nitrogens with zero attached hydrogens (tertiary/aromatic N) is 1. The molecule has 1 atom stereocenters. The summed E-state index contributed by atoms with van der Waals surface area (Å²) in [6, 6.07) is 14.7. The van der Waals surface area contributed by atoms with Crippen molar-refractivity contribution in [3.63, 3.8) is 0 Å².